The summed E-state index contributed by atoms with van der Waals surface area (Å²) in [6.45, 7) is 9.38. The van der Waals surface area contributed by atoms with Crippen LogP contribution in [0.5, 0.6) is 0 Å². The molecular formula is C15H28N2O2. The molecular weight excluding hydrogens is 240 g/mol. The summed E-state index contributed by atoms with van der Waals surface area (Å²) in [5, 5.41) is 3.59. The number of methoxy groups -OCH3 is 1. The second kappa shape index (κ2) is 5.41. The van der Waals surface area contributed by atoms with E-state index in [1.54, 1.807) is 7.11 Å². The summed E-state index contributed by atoms with van der Waals surface area (Å²) < 4.78 is 5.35. The zero-order valence-corrected chi connectivity index (χ0v) is 12.9. The fraction of sp³-hybridized carbons (Fsp3) is 0.933. The smallest absolute Gasteiger partial charge is 0.244 e. The Morgan fingerprint density at radius 1 is 1.37 bits per heavy atom. The van der Waals surface area contributed by atoms with Crippen molar-refractivity contribution >= 4 is 5.91 Å². The van der Waals surface area contributed by atoms with E-state index < -0.39 is 0 Å². The van der Waals surface area contributed by atoms with Gasteiger partial charge in [0.25, 0.3) is 0 Å². The standard InChI is InChI=1S/C15H28N2O2/c1-10(2)8-13-16-15(6-7-15)14(18)17(13)12(9-19-5)11(3)4/h10-13,16H,6-9H2,1-5H3. The number of nitrogens with one attached hydrogen (secondary N) is 1. The first-order valence-electron chi connectivity index (χ1n) is 7.50. The minimum atomic E-state index is -0.222. The fourth-order valence-electron chi connectivity index (χ4n) is 3.09. The molecule has 2 atom stereocenters. The Morgan fingerprint density at radius 3 is 2.42 bits per heavy atom. The number of carbonyl (C=O) groups excluding carboxylic acids is 1. The van der Waals surface area contributed by atoms with Gasteiger partial charge in [0.2, 0.25) is 5.91 Å². The second-order valence-corrected chi connectivity index (χ2v) is 6.85. The van der Waals surface area contributed by atoms with E-state index in [0.29, 0.717) is 24.3 Å². The van der Waals surface area contributed by atoms with Gasteiger partial charge in [0, 0.05) is 7.11 Å². The van der Waals surface area contributed by atoms with Crippen molar-refractivity contribution in [1.29, 1.82) is 0 Å². The van der Waals surface area contributed by atoms with Crippen LogP contribution in [0.1, 0.15) is 47.0 Å². The van der Waals surface area contributed by atoms with Crippen molar-refractivity contribution in [2.45, 2.75) is 64.7 Å². The lowest BCUT2D eigenvalue weighted by Crippen LogP contribution is -2.49. The number of carbonyl (C=O) groups is 1. The maximum Gasteiger partial charge on any atom is 0.244 e. The van der Waals surface area contributed by atoms with Crippen LogP contribution in [0.2, 0.25) is 0 Å². The summed E-state index contributed by atoms with van der Waals surface area (Å²) in [5.41, 5.74) is -0.222. The summed E-state index contributed by atoms with van der Waals surface area (Å²) in [7, 11) is 1.72. The molecule has 2 unspecified atom stereocenters. The van der Waals surface area contributed by atoms with Crippen LogP contribution in [0, 0.1) is 11.8 Å². The highest BCUT2D eigenvalue weighted by atomic mass is 16.5. The molecule has 1 aliphatic carbocycles. The Hall–Kier alpha value is -0.610. The van der Waals surface area contributed by atoms with Crippen LogP contribution in [0.15, 0.2) is 0 Å². The molecule has 0 aromatic carbocycles. The van der Waals surface area contributed by atoms with Gasteiger partial charge in [-0.3, -0.25) is 10.1 Å². The maximum absolute atomic E-state index is 12.7. The highest BCUT2D eigenvalue weighted by molar-refractivity contribution is 5.92. The summed E-state index contributed by atoms with van der Waals surface area (Å²) in [6, 6.07) is 0.175. The SMILES string of the molecule is COCC(C(C)C)N1C(=O)C2(CC2)NC1CC(C)C. The van der Waals surface area contributed by atoms with E-state index in [0.717, 1.165) is 19.3 Å². The molecule has 1 N–H and O–H groups in total. The molecule has 2 rings (SSSR count). The van der Waals surface area contributed by atoms with Crippen LogP contribution in [-0.4, -0.2) is 42.3 Å². The topological polar surface area (TPSA) is 41.6 Å². The van der Waals surface area contributed by atoms with Crippen LogP contribution < -0.4 is 5.32 Å². The number of rotatable bonds is 6. The zero-order chi connectivity index (χ0) is 14.2. The van der Waals surface area contributed by atoms with Gasteiger partial charge in [-0.1, -0.05) is 27.7 Å². The van der Waals surface area contributed by atoms with E-state index in [9.17, 15) is 4.79 Å². The molecule has 2 aliphatic rings. The van der Waals surface area contributed by atoms with E-state index >= 15 is 0 Å². The van der Waals surface area contributed by atoms with Crippen molar-refractivity contribution in [2.24, 2.45) is 11.8 Å². The van der Waals surface area contributed by atoms with Gasteiger partial charge in [-0.2, -0.15) is 0 Å². The minimum Gasteiger partial charge on any atom is -0.383 e. The molecule has 0 bridgehead atoms. The largest absolute Gasteiger partial charge is 0.383 e. The summed E-state index contributed by atoms with van der Waals surface area (Å²) in [6.07, 6.45) is 3.18. The lowest BCUT2D eigenvalue weighted by molar-refractivity contribution is -0.135. The van der Waals surface area contributed by atoms with Crippen molar-refractivity contribution in [1.82, 2.24) is 10.2 Å². The molecule has 4 heteroatoms. The Balaban J connectivity index is 2.19. The fourth-order valence-corrected chi connectivity index (χ4v) is 3.09. The molecule has 1 aliphatic heterocycles. The molecule has 0 aromatic heterocycles. The number of amides is 1. The molecule has 1 spiro atoms. The van der Waals surface area contributed by atoms with Crippen molar-refractivity contribution in [3.8, 4) is 0 Å². The summed E-state index contributed by atoms with van der Waals surface area (Å²) in [5.74, 6) is 1.29. The highest BCUT2D eigenvalue weighted by Crippen LogP contribution is 2.44. The van der Waals surface area contributed by atoms with Gasteiger partial charge in [-0.05, 0) is 31.1 Å². The minimum absolute atomic E-state index is 0.175. The van der Waals surface area contributed by atoms with Gasteiger partial charge in [-0.15, -0.1) is 0 Å². The van der Waals surface area contributed by atoms with Crippen LogP contribution in [0.25, 0.3) is 0 Å². The first kappa shape index (κ1) is 14.8. The van der Waals surface area contributed by atoms with Gasteiger partial charge in [0.15, 0.2) is 0 Å². The third-order valence-corrected chi connectivity index (χ3v) is 4.33. The Bertz CT molecular complexity index is 337. The van der Waals surface area contributed by atoms with Crippen molar-refractivity contribution < 1.29 is 9.53 Å². The number of hydrogen-bond acceptors (Lipinski definition) is 3. The summed E-state index contributed by atoms with van der Waals surface area (Å²) in [4.78, 5) is 14.8. The van der Waals surface area contributed by atoms with Crippen molar-refractivity contribution in [2.75, 3.05) is 13.7 Å². The maximum atomic E-state index is 12.7. The van der Waals surface area contributed by atoms with E-state index in [-0.39, 0.29) is 17.7 Å². The lowest BCUT2D eigenvalue weighted by atomic mass is 10.0. The predicted molar refractivity (Wildman–Crippen MR) is 75.7 cm³/mol. The van der Waals surface area contributed by atoms with Crippen LogP contribution in [0.4, 0.5) is 0 Å². The number of hydrogen-bond donors (Lipinski definition) is 1. The first-order chi connectivity index (χ1) is 8.91. The van der Waals surface area contributed by atoms with Crippen LogP contribution >= 0.6 is 0 Å². The van der Waals surface area contributed by atoms with Crippen LogP contribution in [0.3, 0.4) is 0 Å². The monoisotopic (exact) mass is 268 g/mol. The van der Waals surface area contributed by atoms with Crippen LogP contribution in [-0.2, 0) is 9.53 Å². The molecule has 2 fully saturated rings. The van der Waals surface area contributed by atoms with E-state index in [4.69, 9.17) is 4.74 Å². The van der Waals surface area contributed by atoms with E-state index in [1.165, 1.54) is 0 Å². The van der Waals surface area contributed by atoms with Gasteiger partial charge >= 0.3 is 0 Å². The molecule has 19 heavy (non-hydrogen) atoms. The molecule has 4 nitrogen and oxygen atoms in total. The first-order valence-corrected chi connectivity index (χ1v) is 7.50. The quantitative estimate of drug-likeness (QED) is 0.801. The lowest BCUT2D eigenvalue weighted by Gasteiger charge is -2.35. The molecule has 1 amide bonds. The van der Waals surface area contributed by atoms with Crippen molar-refractivity contribution in [3.63, 3.8) is 0 Å². The molecule has 0 radical (unpaired) electrons. The predicted octanol–water partition coefficient (Wildman–Crippen LogP) is 1.99. The highest BCUT2D eigenvalue weighted by Gasteiger charge is 2.60. The van der Waals surface area contributed by atoms with E-state index in [1.807, 2.05) is 0 Å². The molecule has 1 saturated heterocycles. The zero-order valence-electron chi connectivity index (χ0n) is 12.9. The molecule has 0 aromatic rings. The average molecular weight is 268 g/mol. The number of ether oxygens (including phenoxy) is 1. The molecule has 1 saturated carbocycles. The van der Waals surface area contributed by atoms with Gasteiger partial charge in [0.05, 0.1) is 24.4 Å². The Morgan fingerprint density at radius 2 is 2.00 bits per heavy atom. The Labute approximate surface area is 116 Å². The van der Waals surface area contributed by atoms with E-state index in [2.05, 4.69) is 37.9 Å². The third kappa shape index (κ3) is 2.79. The van der Waals surface area contributed by atoms with Gasteiger partial charge in [0.1, 0.15) is 0 Å². The number of nitrogens with zero attached hydrogens (tertiary/aromatic N) is 1. The molecule has 1 heterocycles. The Kier molecular flexibility index (Phi) is 4.21. The molecule has 110 valence electrons. The summed E-state index contributed by atoms with van der Waals surface area (Å²) >= 11 is 0. The van der Waals surface area contributed by atoms with Crippen molar-refractivity contribution in [3.05, 3.63) is 0 Å². The normalized spacial score (nSPS) is 26.8. The second-order valence-electron chi connectivity index (χ2n) is 6.85. The average Bonchev–Trinajstić information content (AvgIpc) is 3.02. The third-order valence-electron chi connectivity index (χ3n) is 4.33. The van der Waals surface area contributed by atoms with Gasteiger partial charge < -0.3 is 9.64 Å². The van der Waals surface area contributed by atoms with Gasteiger partial charge in [-0.25, -0.2) is 0 Å².